The molecule has 0 heterocycles. The molecule has 0 fully saturated rings. The predicted octanol–water partition coefficient (Wildman–Crippen LogP) is -0.295. The van der Waals surface area contributed by atoms with Crippen LogP contribution in [0.15, 0.2) is 0 Å². The molecule has 0 radical (unpaired) electrons. The molecule has 0 aliphatic carbocycles. The number of hydrogen-bond acceptors (Lipinski definition) is 5. The molecule has 2 atom stereocenters. The fourth-order valence-electron chi connectivity index (χ4n) is 1.12. The van der Waals surface area contributed by atoms with Crippen LogP contribution in [0.2, 0.25) is 0 Å². The highest BCUT2D eigenvalue weighted by Gasteiger charge is 2.17. The van der Waals surface area contributed by atoms with Gasteiger partial charge in [-0.15, -0.1) is 0 Å². The van der Waals surface area contributed by atoms with E-state index in [1.807, 2.05) is 13.8 Å². The number of hydrogen-bond donors (Lipinski definition) is 3. The van der Waals surface area contributed by atoms with Crippen LogP contribution in [0.4, 0.5) is 0 Å². The third-order valence-electron chi connectivity index (χ3n) is 2.02. The Morgan fingerprint density at radius 1 is 1.25 bits per heavy atom. The zero-order valence-electron chi connectivity index (χ0n) is 9.68. The van der Waals surface area contributed by atoms with Crippen molar-refractivity contribution in [2.24, 2.45) is 17.4 Å². The van der Waals surface area contributed by atoms with Crippen molar-refractivity contribution >= 4 is 11.9 Å². The molecule has 0 saturated heterocycles. The number of carboxylic acids is 1. The molecule has 0 aromatic rings. The summed E-state index contributed by atoms with van der Waals surface area (Å²) in [6.07, 6.45) is 0.638. The van der Waals surface area contributed by atoms with Gasteiger partial charge in [0.1, 0.15) is 12.1 Å². The molecule has 0 bridgehead atoms. The van der Waals surface area contributed by atoms with Gasteiger partial charge in [-0.25, -0.2) is 0 Å². The van der Waals surface area contributed by atoms with Crippen molar-refractivity contribution in [3.8, 4) is 0 Å². The molecule has 0 aromatic carbocycles. The van der Waals surface area contributed by atoms with Gasteiger partial charge in [-0.05, 0) is 12.3 Å². The first-order valence-electron chi connectivity index (χ1n) is 5.25. The summed E-state index contributed by atoms with van der Waals surface area (Å²) in [5.41, 5.74) is 10.8. The van der Waals surface area contributed by atoms with E-state index in [-0.39, 0.29) is 13.0 Å². The maximum atomic E-state index is 11.3. The Balaban J connectivity index is 3.77. The van der Waals surface area contributed by atoms with Crippen LogP contribution in [0.25, 0.3) is 0 Å². The number of ether oxygens (including phenoxy) is 1. The van der Waals surface area contributed by atoms with Gasteiger partial charge in [-0.2, -0.15) is 0 Å². The lowest BCUT2D eigenvalue weighted by Gasteiger charge is -2.13. The SMILES string of the molecule is CC(C)C[C@H](N)C(=O)OCC[C@H](N)C(=O)O. The maximum absolute atomic E-state index is 11.3. The summed E-state index contributed by atoms with van der Waals surface area (Å²) < 4.78 is 4.82. The van der Waals surface area contributed by atoms with E-state index in [0.29, 0.717) is 12.3 Å². The molecule has 6 heteroatoms. The molecule has 16 heavy (non-hydrogen) atoms. The second-order valence-electron chi connectivity index (χ2n) is 4.14. The zero-order valence-corrected chi connectivity index (χ0v) is 9.68. The lowest BCUT2D eigenvalue weighted by Crippen LogP contribution is -2.36. The highest BCUT2D eigenvalue weighted by atomic mass is 16.5. The maximum Gasteiger partial charge on any atom is 0.322 e. The van der Waals surface area contributed by atoms with E-state index in [9.17, 15) is 9.59 Å². The third-order valence-corrected chi connectivity index (χ3v) is 2.02. The number of carbonyl (C=O) groups excluding carboxylic acids is 1. The van der Waals surface area contributed by atoms with Gasteiger partial charge < -0.3 is 21.3 Å². The van der Waals surface area contributed by atoms with Crippen molar-refractivity contribution in [2.75, 3.05) is 6.61 Å². The summed E-state index contributed by atoms with van der Waals surface area (Å²) >= 11 is 0. The molecule has 0 aromatic heterocycles. The fourth-order valence-corrected chi connectivity index (χ4v) is 1.12. The van der Waals surface area contributed by atoms with Crippen molar-refractivity contribution in [3.05, 3.63) is 0 Å². The molecule has 0 aliphatic heterocycles. The van der Waals surface area contributed by atoms with E-state index < -0.39 is 24.0 Å². The quantitative estimate of drug-likeness (QED) is 0.519. The first-order valence-corrected chi connectivity index (χ1v) is 5.25. The smallest absolute Gasteiger partial charge is 0.322 e. The van der Waals surface area contributed by atoms with Gasteiger partial charge in [-0.3, -0.25) is 9.59 Å². The van der Waals surface area contributed by atoms with E-state index in [1.165, 1.54) is 0 Å². The molecule has 5 N–H and O–H groups in total. The highest BCUT2D eigenvalue weighted by molar-refractivity contribution is 5.75. The van der Waals surface area contributed by atoms with Gasteiger partial charge >= 0.3 is 11.9 Å². The van der Waals surface area contributed by atoms with Gasteiger partial charge in [0, 0.05) is 6.42 Å². The van der Waals surface area contributed by atoms with Crippen LogP contribution in [-0.4, -0.2) is 35.7 Å². The molecular formula is C10H20N2O4. The Morgan fingerprint density at radius 3 is 2.25 bits per heavy atom. The summed E-state index contributed by atoms with van der Waals surface area (Å²) in [5.74, 6) is -1.31. The number of carbonyl (C=O) groups is 2. The first-order chi connectivity index (χ1) is 7.34. The molecule has 0 amide bonds. The Labute approximate surface area is 94.9 Å². The molecule has 0 unspecified atom stereocenters. The average Bonchev–Trinajstić information content (AvgIpc) is 2.15. The molecule has 0 rings (SSSR count). The normalized spacial score (nSPS) is 14.6. The predicted molar refractivity (Wildman–Crippen MR) is 58.6 cm³/mol. The number of carboxylic acid groups (broad SMARTS) is 1. The number of nitrogens with two attached hydrogens (primary N) is 2. The molecular weight excluding hydrogens is 212 g/mol. The zero-order chi connectivity index (χ0) is 12.7. The Kier molecular flexibility index (Phi) is 6.67. The standard InChI is InChI=1S/C10H20N2O4/c1-6(2)5-8(12)10(15)16-4-3-7(11)9(13)14/h6-8H,3-5,11-12H2,1-2H3,(H,13,14)/t7-,8-/m0/s1. The van der Waals surface area contributed by atoms with Gasteiger partial charge in [0.05, 0.1) is 6.61 Å². The van der Waals surface area contributed by atoms with Crippen LogP contribution in [0.5, 0.6) is 0 Å². The Hall–Kier alpha value is -1.14. The monoisotopic (exact) mass is 232 g/mol. The molecule has 0 saturated carbocycles. The minimum Gasteiger partial charge on any atom is -0.480 e. The fraction of sp³-hybridized carbons (Fsp3) is 0.800. The summed E-state index contributed by atoms with van der Waals surface area (Å²) in [6, 6.07) is -1.66. The minimum absolute atomic E-state index is 0.0158. The summed E-state index contributed by atoms with van der Waals surface area (Å²) in [6.45, 7) is 3.89. The van der Waals surface area contributed by atoms with Crippen LogP contribution >= 0.6 is 0 Å². The lowest BCUT2D eigenvalue weighted by atomic mass is 10.1. The summed E-state index contributed by atoms with van der Waals surface area (Å²) in [7, 11) is 0. The summed E-state index contributed by atoms with van der Waals surface area (Å²) in [4.78, 5) is 21.7. The van der Waals surface area contributed by atoms with Gasteiger partial charge in [0.2, 0.25) is 0 Å². The van der Waals surface area contributed by atoms with Crippen LogP contribution in [0.1, 0.15) is 26.7 Å². The van der Waals surface area contributed by atoms with Crippen LogP contribution in [0.3, 0.4) is 0 Å². The van der Waals surface area contributed by atoms with Gasteiger partial charge in [0.25, 0.3) is 0 Å². The van der Waals surface area contributed by atoms with Crippen LogP contribution in [-0.2, 0) is 14.3 Å². The molecule has 6 nitrogen and oxygen atoms in total. The van der Waals surface area contributed by atoms with Crippen molar-refractivity contribution in [1.82, 2.24) is 0 Å². The topological polar surface area (TPSA) is 116 Å². The van der Waals surface area contributed by atoms with E-state index in [4.69, 9.17) is 21.3 Å². The van der Waals surface area contributed by atoms with Crippen LogP contribution in [0, 0.1) is 5.92 Å². The number of esters is 1. The second kappa shape index (κ2) is 7.19. The molecule has 94 valence electrons. The Bertz CT molecular complexity index is 243. The summed E-state index contributed by atoms with van der Waals surface area (Å²) in [5, 5.41) is 8.49. The van der Waals surface area contributed by atoms with Gasteiger partial charge in [0.15, 0.2) is 0 Å². The van der Waals surface area contributed by atoms with E-state index in [2.05, 4.69) is 0 Å². The van der Waals surface area contributed by atoms with E-state index >= 15 is 0 Å². The largest absolute Gasteiger partial charge is 0.480 e. The van der Waals surface area contributed by atoms with Crippen molar-refractivity contribution in [1.29, 1.82) is 0 Å². The Morgan fingerprint density at radius 2 is 1.81 bits per heavy atom. The first kappa shape index (κ1) is 14.9. The van der Waals surface area contributed by atoms with Crippen LogP contribution < -0.4 is 11.5 Å². The average molecular weight is 232 g/mol. The van der Waals surface area contributed by atoms with Crippen molar-refractivity contribution in [3.63, 3.8) is 0 Å². The van der Waals surface area contributed by atoms with Gasteiger partial charge in [-0.1, -0.05) is 13.8 Å². The molecule has 0 spiro atoms. The molecule has 0 aliphatic rings. The highest BCUT2D eigenvalue weighted by Crippen LogP contribution is 2.04. The number of rotatable bonds is 7. The third kappa shape index (κ3) is 6.36. The van der Waals surface area contributed by atoms with E-state index in [0.717, 1.165) is 0 Å². The lowest BCUT2D eigenvalue weighted by molar-refractivity contribution is -0.147. The van der Waals surface area contributed by atoms with Crippen molar-refractivity contribution in [2.45, 2.75) is 38.8 Å². The van der Waals surface area contributed by atoms with E-state index in [1.54, 1.807) is 0 Å². The van der Waals surface area contributed by atoms with Crippen molar-refractivity contribution < 1.29 is 19.4 Å². The minimum atomic E-state index is -1.11. The number of aliphatic carboxylic acids is 1. The second-order valence-corrected chi connectivity index (χ2v) is 4.14.